The van der Waals surface area contributed by atoms with Gasteiger partial charge in [-0.25, -0.2) is 4.98 Å². The molecule has 5 nitrogen and oxygen atoms in total. The van der Waals surface area contributed by atoms with Gasteiger partial charge in [-0.05, 0) is 13.1 Å². The second-order valence-electron chi connectivity index (χ2n) is 4.26. The zero-order valence-corrected chi connectivity index (χ0v) is 11.4. The lowest BCUT2D eigenvalue weighted by atomic mass is 10.1. The van der Waals surface area contributed by atoms with Crippen LogP contribution in [0.2, 0.25) is 10.0 Å². The summed E-state index contributed by atoms with van der Waals surface area (Å²) in [6.07, 6.45) is 1.45. The number of anilines is 1. The molecular weight excluding hydrogens is 275 g/mol. The highest BCUT2D eigenvalue weighted by Crippen LogP contribution is 2.22. The second kappa shape index (κ2) is 5.84. The number of likely N-dealkylation sites (N-methyl/N-ethyl adjacent to an activating group) is 1. The van der Waals surface area contributed by atoms with Gasteiger partial charge in [-0.2, -0.15) is 0 Å². The van der Waals surface area contributed by atoms with E-state index in [2.05, 4.69) is 15.6 Å². The number of rotatable bonds is 4. The molecule has 2 N–H and O–H groups in total. The number of nitrogens with zero attached hydrogens (tertiary/aromatic N) is 2. The molecule has 18 heavy (non-hydrogen) atoms. The highest BCUT2D eigenvalue weighted by molar-refractivity contribution is 6.36. The minimum absolute atomic E-state index is 0.138. The molecule has 1 saturated heterocycles. The predicted octanol–water partition coefficient (Wildman–Crippen LogP) is 1.23. The van der Waals surface area contributed by atoms with Gasteiger partial charge in [-0.1, -0.05) is 23.2 Å². The maximum atomic E-state index is 11.8. The lowest BCUT2D eigenvalue weighted by molar-refractivity contribution is -0.117. The Balaban J connectivity index is 1.90. The molecule has 0 spiro atoms. The number of hydrogen-bond donors (Lipinski definition) is 2. The molecule has 2 heterocycles. The van der Waals surface area contributed by atoms with E-state index in [1.807, 2.05) is 11.9 Å². The van der Waals surface area contributed by atoms with Crippen molar-refractivity contribution in [2.24, 2.45) is 0 Å². The number of hydrogen-bond acceptors (Lipinski definition) is 4. The van der Waals surface area contributed by atoms with Crippen LogP contribution in [0.3, 0.4) is 0 Å². The van der Waals surface area contributed by atoms with E-state index in [0.717, 1.165) is 13.1 Å². The van der Waals surface area contributed by atoms with Gasteiger partial charge in [0.25, 0.3) is 0 Å². The Kier molecular flexibility index (Phi) is 4.40. The molecule has 0 aromatic carbocycles. The number of pyridine rings is 1. The summed E-state index contributed by atoms with van der Waals surface area (Å²) in [6, 6.07) is 1.97. The van der Waals surface area contributed by atoms with E-state index in [4.69, 9.17) is 23.2 Å². The Morgan fingerprint density at radius 2 is 2.33 bits per heavy atom. The van der Waals surface area contributed by atoms with Gasteiger partial charge in [0.05, 0.1) is 16.6 Å². The zero-order chi connectivity index (χ0) is 13.1. The highest BCUT2D eigenvalue weighted by atomic mass is 35.5. The molecule has 0 saturated carbocycles. The molecule has 0 aliphatic carbocycles. The average Bonchev–Trinajstić information content (AvgIpc) is 2.19. The molecule has 1 fully saturated rings. The van der Waals surface area contributed by atoms with E-state index in [0.29, 0.717) is 28.4 Å². The summed E-state index contributed by atoms with van der Waals surface area (Å²) in [4.78, 5) is 17.8. The van der Waals surface area contributed by atoms with Gasteiger partial charge in [0, 0.05) is 25.3 Å². The largest absolute Gasteiger partial charge is 0.314 e. The zero-order valence-electron chi connectivity index (χ0n) is 9.91. The van der Waals surface area contributed by atoms with Crippen molar-refractivity contribution in [2.45, 2.75) is 6.04 Å². The summed E-state index contributed by atoms with van der Waals surface area (Å²) in [6.45, 7) is 2.15. The van der Waals surface area contributed by atoms with Crippen molar-refractivity contribution in [2.75, 3.05) is 32.0 Å². The van der Waals surface area contributed by atoms with Gasteiger partial charge < -0.3 is 10.6 Å². The van der Waals surface area contributed by atoms with E-state index in [-0.39, 0.29) is 5.91 Å². The fraction of sp³-hybridized carbons (Fsp3) is 0.455. The van der Waals surface area contributed by atoms with Crippen molar-refractivity contribution >= 4 is 34.9 Å². The summed E-state index contributed by atoms with van der Waals surface area (Å²) in [5.41, 5.74) is 0. The third-order valence-corrected chi connectivity index (χ3v) is 3.34. The van der Waals surface area contributed by atoms with Gasteiger partial charge in [0.2, 0.25) is 5.91 Å². The van der Waals surface area contributed by atoms with Crippen molar-refractivity contribution in [3.05, 3.63) is 22.3 Å². The Morgan fingerprint density at radius 1 is 1.61 bits per heavy atom. The first-order valence-electron chi connectivity index (χ1n) is 5.58. The number of carbonyl (C=O) groups is 1. The molecule has 98 valence electrons. The quantitative estimate of drug-likeness (QED) is 0.875. The summed E-state index contributed by atoms with van der Waals surface area (Å²) in [7, 11) is 1.92. The minimum Gasteiger partial charge on any atom is -0.314 e. The van der Waals surface area contributed by atoms with Crippen LogP contribution in [0, 0.1) is 0 Å². The van der Waals surface area contributed by atoms with Crippen LogP contribution in [-0.4, -0.2) is 48.5 Å². The van der Waals surface area contributed by atoms with Crippen molar-refractivity contribution in [3.8, 4) is 0 Å². The molecule has 0 radical (unpaired) electrons. The van der Waals surface area contributed by atoms with Crippen molar-refractivity contribution in [1.29, 1.82) is 0 Å². The molecule has 2 rings (SSSR count). The highest BCUT2D eigenvalue weighted by Gasteiger charge is 2.23. The van der Waals surface area contributed by atoms with Gasteiger partial charge in [-0.15, -0.1) is 0 Å². The first-order chi connectivity index (χ1) is 8.56. The van der Waals surface area contributed by atoms with Crippen LogP contribution in [0.25, 0.3) is 0 Å². The normalized spacial score (nSPS) is 15.6. The molecule has 1 aromatic rings. The standard InChI is InChI=1S/C11H14Cl2N4O/c1-17(8-4-14-5-8)6-10(18)16-11-9(13)2-7(12)3-15-11/h2-3,8,14H,4-6H2,1H3,(H,15,16,18). The first kappa shape index (κ1) is 13.5. The third-order valence-electron chi connectivity index (χ3n) is 2.84. The third kappa shape index (κ3) is 3.32. The van der Waals surface area contributed by atoms with Crippen LogP contribution in [-0.2, 0) is 4.79 Å². The number of carbonyl (C=O) groups excluding carboxylic acids is 1. The second-order valence-corrected chi connectivity index (χ2v) is 5.10. The Bertz CT molecular complexity index is 451. The minimum atomic E-state index is -0.138. The van der Waals surface area contributed by atoms with Crippen LogP contribution < -0.4 is 10.6 Å². The van der Waals surface area contributed by atoms with E-state index in [9.17, 15) is 4.79 Å². The SMILES string of the molecule is CN(CC(=O)Nc1ncc(Cl)cc1Cl)C1CNC1. The molecule has 1 aliphatic rings. The van der Waals surface area contributed by atoms with E-state index in [1.54, 1.807) is 6.07 Å². The first-order valence-corrected chi connectivity index (χ1v) is 6.33. The van der Waals surface area contributed by atoms with E-state index < -0.39 is 0 Å². The number of amides is 1. The van der Waals surface area contributed by atoms with Crippen LogP contribution >= 0.6 is 23.2 Å². The van der Waals surface area contributed by atoms with Gasteiger partial charge in [0.15, 0.2) is 5.82 Å². The smallest absolute Gasteiger partial charge is 0.239 e. The fourth-order valence-electron chi connectivity index (χ4n) is 1.62. The van der Waals surface area contributed by atoms with Gasteiger partial charge >= 0.3 is 0 Å². The van der Waals surface area contributed by atoms with Crippen LogP contribution in [0.15, 0.2) is 12.3 Å². The van der Waals surface area contributed by atoms with Crippen LogP contribution in [0.1, 0.15) is 0 Å². The number of halogens is 2. The molecule has 0 atom stereocenters. The molecule has 7 heteroatoms. The van der Waals surface area contributed by atoms with E-state index >= 15 is 0 Å². The summed E-state index contributed by atoms with van der Waals surface area (Å²) >= 11 is 11.7. The molecule has 1 aliphatic heterocycles. The predicted molar refractivity (Wildman–Crippen MR) is 72.2 cm³/mol. The van der Waals surface area contributed by atoms with Crippen LogP contribution in [0.4, 0.5) is 5.82 Å². The Labute approximate surface area is 115 Å². The van der Waals surface area contributed by atoms with Gasteiger partial charge in [0.1, 0.15) is 0 Å². The maximum Gasteiger partial charge on any atom is 0.239 e. The molecule has 1 amide bonds. The van der Waals surface area contributed by atoms with E-state index in [1.165, 1.54) is 6.20 Å². The lowest BCUT2D eigenvalue weighted by Crippen LogP contribution is -2.57. The fourth-order valence-corrected chi connectivity index (χ4v) is 2.05. The molecule has 1 aromatic heterocycles. The van der Waals surface area contributed by atoms with Crippen molar-refractivity contribution in [1.82, 2.24) is 15.2 Å². The Hall–Kier alpha value is -0.880. The number of nitrogens with one attached hydrogen (secondary N) is 2. The topological polar surface area (TPSA) is 57.3 Å². The Morgan fingerprint density at radius 3 is 2.89 bits per heavy atom. The monoisotopic (exact) mass is 288 g/mol. The maximum absolute atomic E-state index is 11.8. The van der Waals surface area contributed by atoms with Crippen molar-refractivity contribution < 1.29 is 4.79 Å². The summed E-state index contributed by atoms with van der Waals surface area (Å²) in [5, 5.41) is 6.60. The lowest BCUT2D eigenvalue weighted by Gasteiger charge is -2.35. The molecule has 0 bridgehead atoms. The van der Waals surface area contributed by atoms with Gasteiger partial charge in [-0.3, -0.25) is 9.69 Å². The van der Waals surface area contributed by atoms with Crippen molar-refractivity contribution in [3.63, 3.8) is 0 Å². The average molecular weight is 289 g/mol. The molecular formula is C11H14Cl2N4O. The van der Waals surface area contributed by atoms with Crippen LogP contribution in [0.5, 0.6) is 0 Å². The molecule has 0 unspecified atom stereocenters. The summed E-state index contributed by atoms with van der Waals surface area (Å²) in [5.74, 6) is 0.201. The number of aromatic nitrogens is 1. The summed E-state index contributed by atoms with van der Waals surface area (Å²) < 4.78 is 0.